The molecule has 5 rings (SSSR count). The van der Waals surface area contributed by atoms with E-state index in [2.05, 4.69) is 22.5 Å². The average Bonchev–Trinajstić information content (AvgIpc) is 3.50. The van der Waals surface area contributed by atoms with Gasteiger partial charge in [0.15, 0.2) is 0 Å². The van der Waals surface area contributed by atoms with Crippen LogP contribution in [-0.2, 0) is 0 Å². The van der Waals surface area contributed by atoms with Crippen LogP contribution < -0.4 is 10.6 Å². The summed E-state index contributed by atoms with van der Waals surface area (Å²) >= 11 is 1.56. The third-order valence-corrected chi connectivity index (χ3v) is 8.40. The molecule has 194 valence electrons. The van der Waals surface area contributed by atoms with Gasteiger partial charge in [-0.25, -0.2) is 9.97 Å². The SMILES string of the molecule is Cc1nc(N[C@H](C)C2CC2)nc(N[C@@H]2C[C@H](CC(C)(C)O)[C@@H](O)[C@H]2O)c1-c1nc2c(C)nccc2s1. The lowest BCUT2D eigenvalue weighted by Crippen LogP contribution is -2.36. The van der Waals surface area contributed by atoms with Crippen LogP contribution in [-0.4, -0.2) is 65.1 Å². The minimum absolute atomic E-state index is 0.229. The smallest absolute Gasteiger partial charge is 0.225 e. The molecule has 0 amide bonds. The predicted octanol–water partition coefficient (Wildman–Crippen LogP) is 3.66. The second-order valence-electron chi connectivity index (χ2n) is 11.1. The van der Waals surface area contributed by atoms with E-state index in [9.17, 15) is 15.3 Å². The normalized spacial score (nSPS) is 25.3. The number of aryl methyl sites for hydroxylation is 2. The Morgan fingerprint density at radius 3 is 2.53 bits per heavy atom. The minimum atomic E-state index is -0.982. The number of hydrogen-bond donors (Lipinski definition) is 5. The third kappa shape index (κ3) is 5.18. The second kappa shape index (κ2) is 9.48. The summed E-state index contributed by atoms with van der Waals surface area (Å²) in [6.07, 6.45) is 3.21. The first-order valence-corrected chi connectivity index (χ1v) is 13.5. The average molecular weight is 513 g/mol. The number of thiazole rings is 1. The molecule has 2 saturated carbocycles. The fourth-order valence-corrected chi connectivity index (χ4v) is 6.40. The van der Waals surface area contributed by atoms with Crippen LogP contribution >= 0.6 is 11.3 Å². The van der Waals surface area contributed by atoms with Crippen LogP contribution in [0.1, 0.15) is 57.8 Å². The van der Waals surface area contributed by atoms with Crippen LogP contribution in [0.2, 0.25) is 0 Å². The molecule has 2 aliphatic carbocycles. The lowest BCUT2D eigenvalue weighted by atomic mass is 9.91. The number of hydrogen-bond acceptors (Lipinski definition) is 10. The highest BCUT2D eigenvalue weighted by molar-refractivity contribution is 7.21. The van der Waals surface area contributed by atoms with Crippen molar-refractivity contribution in [1.82, 2.24) is 19.9 Å². The molecule has 0 aromatic carbocycles. The highest BCUT2D eigenvalue weighted by Crippen LogP contribution is 2.40. The van der Waals surface area contributed by atoms with Gasteiger partial charge in [0.1, 0.15) is 22.4 Å². The van der Waals surface area contributed by atoms with Gasteiger partial charge in [0.05, 0.1) is 39.4 Å². The zero-order chi connectivity index (χ0) is 25.8. The Labute approximate surface area is 215 Å². The number of aromatic nitrogens is 4. The van der Waals surface area contributed by atoms with Gasteiger partial charge >= 0.3 is 0 Å². The van der Waals surface area contributed by atoms with E-state index in [1.807, 2.05) is 19.9 Å². The summed E-state index contributed by atoms with van der Waals surface area (Å²) in [5.74, 6) is 1.53. The van der Waals surface area contributed by atoms with Gasteiger partial charge in [0.2, 0.25) is 5.95 Å². The van der Waals surface area contributed by atoms with Crippen LogP contribution in [0.15, 0.2) is 12.3 Å². The number of fused-ring (bicyclic) bond motifs is 1. The fraction of sp³-hybridized carbons (Fsp3) is 0.615. The summed E-state index contributed by atoms with van der Waals surface area (Å²) in [5.41, 5.74) is 2.36. The second-order valence-corrected chi connectivity index (χ2v) is 12.2. The van der Waals surface area contributed by atoms with E-state index in [-0.39, 0.29) is 12.0 Å². The van der Waals surface area contributed by atoms with Crippen molar-refractivity contribution in [2.24, 2.45) is 11.8 Å². The molecule has 0 spiro atoms. The van der Waals surface area contributed by atoms with Crippen LogP contribution in [0.4, 0.5) is 11.8 Å². The van der Waals surface area contributed by atoms with Crippen LogP contribution in [0.25, 0.3) is 20.8 Å². The standard InChI is InChI=1S/C26H36N6O3S/c1-12(15-6-7-15)28-25-29-13(2)19(24-31-20-14(3)27-9-8-18(20)36-24)23(32-25)30-17-10-16(11-26(4,5)35)21(33)22(17)34/h8-9,12,15-17,21-22,33-35H,6-7,10-11H2,1-5H3,(H2,28,29,30,32)/t12-,16-,17-,21-,22+/m1/s1. The number of aliphatic hydroxyl groups is 3. The molecule has 5 atom stereocenters. The fourth-order valence-electron chi connectivity index (χ4n) is 5.29. The van der Waals surface area contributed by atoms with Crippen molar-refractivity contribution in [1.29, 1.82) is 0 Å². The van der Waals surface area contributed by atoms with Crippen LogP contribution in [0.5, 0.6) is 0 Å². The summed E-state index contributed by atoms with van der Waals surface area (Å²) in [7, 11) is 0. The van der Waals surface area contributed by atoms with Crippen molar-refractivity contribution < 1.29 is 15.3 Å². The summed E-state index contributed by atoms with van der Waals surface area (Å²) in [6, 6.07) is 1.81. The molecule has 10 heteroatoms. The van der Waals surface area contributed by atoms with Crippen LogP contribution in [0, 0.1) is 25.7 Å². The van der Waals surface area contributed by atoms with Gasteiger partial charge in [-0.3, -0.25) is 4.98 Å². The molecule has 5 N–H and O–H groups in total. The molecule has 3 heterocycles. The number of pyridine rings is 1. The van der Waals surface area contributed by atoms with Gasteiger partial charge in [0.25, 0.3) is 0 Å². The first-order valence-electron chi connectivity index (χ1n) is 12.7. The molecule has 0 unspecified atom stereocenters. The van der Waals surface area contributed by atoms with E-state index in [4.69, 9.17) is 15.0 Å². The van der Waals surface area contributed by atoms with Crippen molar-refractivity contribution in [2.45, 2.75) is 90.2 Å². The van der Waals surface area contributed by atoms with Crippen LogP contribution in [0.3, 0.4) is 0 Å². The van der Waals surface area contributed by atoms with Crippen molar-refractivity contribution in [2.75, 3.05) is 10.6 Å². The Bertz CT molecular complexity index is 1250. The number of nitrogens with one attached hydrogen (secondary N) is 2. The first kappa shape index (κ1) is 25.3. The zero-order valence-electron chi connectivity index (χ0n) is 21.5. The highest BCUT2D eigenvalue weighted by Gasteiger charge is 2.43. The molecule has 36 heavy (non-hydrogen) atoms. The highest BCUT2D eigenvalue weighted by atomic mass is 32.1. The van der Waals surface area contributed by atoms with E-state index in [0.29, 0.717) is 30.5 Å². The summed E-state index contributed by atoms with van der Waals surface area (Å²) in [5, 5.41) is 39.6. The lowest BCUT2D eigenvalue weighted by molar-refractivity contribution is -0.0132. The van der Waals surface area contributed by atoms with E-state index < -0.39 is 23.9 Å². The van der Waals surface area contributed by atoms with E-state index in [1.165, 1.54) is 12.8 Å². The Balaban J connectivity index is 1.51. The van der Waals surface area contributed by atoms with E-state index in [1.54, 1.807) is 31.4 Å². The number of nitrogens with zero attached hydrogens (tertiary/aromatic N) is 4. The molecule has 0 aliphatic heterocycles. The lowest BCUT2D eigenvalue weighted by Gasteiger charge is -2.24. The number of rotatable bonds is 8. The number of aliphatic hydroxyl groups excluding tert-OH is 2. The topological polar surface area (TPSA) is 136 Å². The molecule has 0 saturated heterocycles. The van der Waals surface area contributed by atoms with E-state index in [0.717, 1.165) is 32.2 Å². The van der Waals surface area contributed by atoms with Gasteiger partial charge in [-0.2, -0.15) is 4.98 Å². The van der Waals surface area contributed by atoms with Gasteiger partial charge in [0, 0.05) is 12.2 Å². The Morgan fingerprint density at radius 2 is 1.86 bits per heavy atom. The monoisotopic (exact) mass is 512 g/mol. The van der Waals surface area contributed by atoms with Gasteiger partial charge in [-0.1, -0.05) is 0 Å². The maximum atomic E-state index is 10.9. The molecular formula is C26H36N6O3S. The maximum Gasteiger partial charge on any atom is 0.225 e. The van der Waals surface area contributed by atoms with Crippen molar-refractivity contribution in [3.8, 4) is 10.6 Å². The predicted molar refractivity (Wildman–Crippen MR) is 142 cm³/mol. The van der Waals surface area contributed by atoms with E-state index >= 15 is 0 Å². The zero-order valence-corrected chi connectivity index (χ0v) is 22.3. The Morgan fingerprint density at radius 1 is 1.11 bits per heavy atom. The maximum absolute atomic E-state index is 10.9. The van der Waals surface area contributed by atoms with Gasteiger partial charge < -0.3 is 26.0 Å². The molecule has 3 aromatic rings. The number of anilines is 2. The molecule has 0 radical (unpaired) electrons. The van der Waals surface area contributed by atoms with Gasteiger partial charge in [-0.15, -0.1) is 11.3 Å². The van der Waals surface area contributed by atoms with Crippen molar-refractivity contribution >= 4 is 33.3 Å². The molecule has 2 fully saturated rings. The summed E-state index contributed by atoms with van der Waals surface area (Å²) in [6.45, 7) is 9.49. The molecule has 3 aromatic heterocycles. The molecule has 9 nitrogen and oxygen atoms in total. The molecular weight excluding hydrogens is 476 g/mol. The minimum Gasteiger partial charge on any atom is -0.390 e. The molecule has 0 bridgehead atoms. The third-order valence-electron chi connectivity index (χ3n) is 7.37. The summed E-state index contributed by atoms with van der Waals surface area (Å²) < 4.78 is 1.04. The Kier molecular flexibility index (Phi) is 6.65. The van der Waals surface area contributed by atoms with Gasteiger partial charge in [-0.05, 0) is 78.2 Å². The first-order chi connectivity index (χ1) is 17.0. The summed E-state index contributed by atoms with van der Waals surface area (Å²) in [4.78, 5) is 18.9. The largest absolute Gasteiger partial charge is 0.390 e. The van der Waals surface area contributed by atoms with Crippen molar-refractivity contribution in [3.05, 3.63) is 23.7 Å². The molecule has 2 aliphatic rings. The quantitative estimate of drug-likeness (QED) is 0.306. The van der Waals surface area contributed by atoms with Crippen molar-refractivity contribution in [3.63, 3.8) is 0 Å². The Hall–Kier alpha value is -2.40.